The van der Waals surface area contributed by atoms with Gasteiger partial charge in [0.1, 0.15) is 0 Å². The molecule has 1 unspecified atom stereocenters. The molecule has 0 aliphatic heterocycles. The van der Waals surface area contributed by atoms with Crippen molar-refractivity contribution in [3.05, 3.63) is 33.9 Å². The Bertz CT molecular complexity index is 405. The van der Waals surface area contributed by atoms with Crippen LogP contribution >= 0.6 is 0 Å². The Balaban J connectivity index is 3.62. The second-order valence-electron chi connectivity index (χ2n) is 6.48. The third-order valence-corrected chi connectivity index (χ3v) is 3.95. The molecule has 0 radical (unpaired) electrons. The van der Waals surface area contributed by atoms with Gasteiger partial charge in [-0.3, -0.25) is 0 Å². The van der Waals surface area contributed by atoms with Crippen molar-refractivity contribution in [3.8, 4) is 0 Å². The maximum absolute atomic E-state index is 2.35. The van der Waals surface area contributed by atoms with E-state index in [1.807, 2.05) is 0 Å². The molecule has 1 atom stereocenters. The Labute approximate surface area is 107 Å². The van der Waals surface area contributed by atoms with E-state index in [9.17, 15) is 0 Å². The van der Waals surface area contributed by atoms with Gasteiger partial charge < -0.3 is 0 Å². The van der Waals surface area contributed by atoms with Crippen LogP contribution in [0.15, 0.2) is 6.07 Å². The van der Waals surface area contributed by atoms with Gasteiger partial charge in [-0.15, -0.1) is 0 Å². The lowest BCUT2D eigenvalue weighted by molar-refractivity contribution is 0.564. The molecule has 0 aliphatic rings. The SMILES string of the molecule is CCC(C)c1c(C)cc(C)c(C)c1C(C)(C)C. The van der Waals surface area contributed by atoms with Crippen molar-refractivity contribution in [1.29, 1.82) is 0 Å². The van der Waals surface area contributed by atoms with Crippen LogP contribution < -0.4 is 0 Å². The van der Waals surface area contributed by atoms with Crippen molar-refractivity contribution < 1.29 is 0 Å². The van der Waals surface area contributed by atoms with Crippen LogP contribution in [-0.2, 0) is 5.41 Å². The predicted octanol–water partition coefficient (Wildman–Crippen LogP) is 5.42. The Kier molecular flexibility index (Phi) is 4.06. The topological polar surface area (TPSA) is 0 Å². The average molecular weight is 232 g/mol. The molecule has 1 aromatic rings. The van der Waals surface area contributed by atoms with Gasteiger partial charge >= 0.3 is 0 Å². The van der Waals surface area contributed by atoms with Crippen molar-refractivity contribution in [2.24, 2.45) is 0 Å². The van der Waals surface area contributed by atoms with E-state index >= 15 is 0 Å². The molecule has 0 aromatic heterocycles. The molecular weight excluding hydrogens is 204 g/mol. The van der Waals surface area contributed by atoms with Gasteiger partial charge in [0.05, 0.1) is 0 Å². The highest BCUT2D eigenvalue weighted by atomic mass is 14.3. The van der Waals surface area contributed by atoms with E-state index in [2.05, 4.69) is 61.5 Å². The maximum atomic E-state index is 2.35. The van der Waals surface area contributed by atoms with Gasteiger partial charge in [0.25, 0.3) is 0 Å². The first-order valence-electron chi connectivity index (χ1n) is 6.81. The third kappa shape index (κ3) is 2.73. The van der Waals surface area contributed by atoms with Crippen molar-refractivity contribution >= 4 is 0 Å². The standard InChI is InChI=1S/C17H28/c1-9-11(2)15-13(4)10-12(3)14(5)16(15)17(6,7)8/h10-11H,9H2,1-8H3. The second kappa shape index (κ2) is 4.84. The lowest BCUT2D eigenvalue weighted by atomic mass is 9.74. The highest BCUT2D eigenvalue weighted by Crippen LogP contribution is 2.37. The maximum Gasteiger partial charge on any atom is -0.0126 e. The van der Waals surface area contributed by atoms with E-state index in [-0.39, 0.29) is 5.41 Å². The largest absolute Gasteiger partial charge is 0.0648 e. The smallest absolute Gasteiger partial charge is 0.0126 e. The van der Waals surface area contributed by atoms with E-state index in [1.165, 1.54) is 23.1 Å². The molecular formula is C17H28. The van der Waals surface area contributed by atoms with Crippen LogP contribution in [0.1, 0.15) is 74.8 Å². The molecule has 0 fully saturated rings. The summed E-state index contributed by atoms with van der Waals surface area (Å²) in [4.78, 5) is 0. The van der Waals surface area contributed by atoms with E-state index in [4.69, 9.17) is 0 Å². The van der Waals surface area contributed by atoms with Gasteiger partial charge in [-0.05, 0) is 66.3 Å². The summed E-state index contributed by atoms with van der Waals surface area (Å²) in [5, 5.41) is 0. The summed E-state index contributed by atoms with van der Waals surface area (Å²) in [5.74, 6) is 0.656. The van der Waals surface area contributed by atoms with Crippen LogP contribution in [0.5, 0.6) is 0 Å². The first-order chi connectivity index (χ1) is 7.70. The summed E-state index contributed by atoms with van der Waals surface area (Å²) in [6.07, 6.45) is 1.21. The van der Waals surface area contributed by atoms with E-state index in [0.717, 1.165) is 0 Å². The van der Waals surface area contributed by atoms with Crippen LogP contribution in [-0.4, -0.2) is 0 Å². The third-order valence-electron chi connectivity index (χ3n) is 3.95. The fourth-order valence-corrected chi connectivity index (χ4v) is 2.91. The van der Waals surface area contributed by atoms with Gasteiger partial charge in [-0.1, -0.05) is 40.7 Å². The highest BCUT2D eigenvalue weighted by Gasteiger charge is 2.24. The number of hydrogen-bond donors (Lipinski definition) is 0. The van der Waals surface area contributed by atoms with Gasteiger partial charge in [-0.25, -0.2) is 0 Å². The van der Waals surface area contributed by atoms with Gasteiger partial charge in [0, 0.05) is 0 Å². The summed E-state index contributed by atoms with van der Waals surface area (Å²) in [5.41, 5.74) is 7.78. The van der Waals surface area contributed by atoms with Gasteiger partial charge in [0.2, 0.25) is 0 Å². The monoisotopic (exact) mass is 232 g/mol. The van der Waals surface area contributed by atoms with Crippen LogP contribution in [0.2, 0.25) is 0 Å². The first-order valence-corrected chi connectivity index (χ1v) is 6.81. The zero-order valence-electron chi connectivity index (χ0n) is 12.9. The average Bonchev–Trinajstić information content (AvgIpc) is 2.20. The van der Waals surface area contributed by atoms with Crippen LogP contribution in [0.25, 0.3) is 0 Å². The molecule has 0 spiro atoms. The summed E-state index contributed by atoms with van der Waals surface area (Å²) < 4.78 is 0. The van der Waals surface area contributed by atoms with E-state index in [0.29, 0.717) is 5.92 Å². The van der Waals surface area contributed by atoms with Crippen molar-refractivity contribution in [3.63, 3.8) is 0 Å². The summed E-state index contributed by atoms with van der Waals surface area (Å²) >= 11 is 0. The van der Waals surface area contributed by atoms with Crippen molar-refractivity contribution in [2.45, 2.75) is 73.1 Å². The number of benzene rings is 1. The quantitative estimate of drug-likeness (QED) is 0.638. The summed E-state index contributed by atoms with van der Waals surface area (Å²) in [6, 6.07) is 2.35. The van der Waals surface area contributed by atoms with Gasteiger partial charge in [0.15, 0.2) is 0 Å². The minimum atomic E-state index is 0.236. The van der Waals surface area contributed by atoms with E-state index < -0.39 is 0 Å². The number of aryl methyl sites for hydroxylation is 2. The van der Waals surface area contributed by atoms with Crippen LogP contribution in [0.4, 0.5) is 0 Å². The molecule has 0 aliphatic carbocycles. The van der Waals surface area contributed by atoms with Gasteiger partial charge in [-0.2, -0.15) is 0 Å². The highest BCUT2D eigenvalue weighted by molar-refractivity contribution is 5.49. The first kappa shape index (κ1) is 14.3. The zero-order valence-corrected chi connectivity index (χ0v) is 12.9. The molecule has 1 aromatic carbocycles. The van der Waals surface area contributed by atoms with Crippen molar-refractivity contribution in [1.82, 2.24) is 0 Å². The molecule has 0 heterocycles. The molecule has 0 saturated heterocycles. The fourth-order valence-electron chi connectivity index (χ4n) is 2.91. The van der Waals surface area contributed by atoms with E-state index in [1.54, 1.807) is 11.1 Å². The molecule has 1 rings (SSSR count). The lowest BCUT2D eigenvalue weighted by Gasteiger charge is -2.30. The molecule has 0 heteroatoms. The zero-order chi connectivity index (χ0) is 13.4. The molecule has 0 saturated carbocycles. The molecule has 17 heavy (non-hydrogen) atoms. The normalized spacial score (nSPS) is 13.9. The molecule has 96 valence electrons. The summed E-state index contributed by atoms with van der Waals surface area (Å²) in [6.45, 7) is 18.4. The molecule has 0 bridgehead atoms. The minimum Gasteiger partial charge on any atom is -0.0648 e. The minimum absolute atomic E-state index is 0.236. The summed E-state index contributed by atoms with van der Waals surface area (Å²) in [7, 11) is 0. The Hall–Kier alpha value is -0.780. The van der Waals surface area contributed by atoms with Crippen molar-refractivity contribution in [2.75, 3.05) is 0 Å². The second-order valence-corrected chi connectivity index (χ2v) is 6.48. The predicted molar refractivity (Wildman–Crippen MR) is 78.1 cm³/mol. The molecule has 0 amide bonds. The Morgan fingerprint density at radius 2 is 1.59 bits per heavy atom. The Morgan fingerprint density at radius 1 is 1.06 bits per heavy atom. The molecule has 0 N–H and O–H groups in total. The number of rotatable bonds is 2. The lowest BCUT2D eigenvalue weighted by Crippen LogP contribution is -2.19. The van der Waals surface area contributed by atoms with Crippen LogP contribution in [0.3, 0.4) is 0 Å². The molecule has 0 nitrogen and oxygen atoms in total. The van der Waals surface area contributed by atoms with Crippen LogP contribution in [0, 0.1) is 20.8 Å². The Morgan fingerprint density at radius 3 is 2.00 bits per heavy atom. The fraction of sp³-hybridized carbons (Fsp3) is 0.647. The number of hydrogen-bond acceptors (Lipinski definition) is 0.